The number of hydrogen-bond acceptors (Lipinski definition) is 2. The normalized spacial score (nSPS) is 15.1. The highest BCUT2D eigenvalue weighted by Gasteiger charge is 2.21. The highest BCUT2D eigenvalue weighted by atomic mass is 79.9. The third-order valence-corrected chi connectivity index (χ3v) is 2.68. The molecule has 0 radical (unpaired) electrons. The largest absolute Gasteiger partial charge is 0.319 e. The standard InChI is InChI=1S/C9H3BrClNO2/c10-4-1-2-6-5(3-4)7(11)8(13)9(14)12-6/h1-3H. The number of rotatable bonds is 0. The molecule has 0 bridgehead atoms. The van der Waals surface area contributed by atoms with E-state index in [9.17, 15) is 9.59 Å². The number of carbonyl (C=O) groups is 2. The second kappa shape index (κ2) is 3.29. The van der Waals surface area contributed by atoms with Crippen LogP contribution in [0.5, 0.6) is 0 Å². The highest BCUT2D eigenvalue weighted by Crippen LogP contribution is 2.08. The smallest absolute Gasteiger partial charge is 0.282 e. The van der Waals surface area contributed by atoms with Gasteiger partial charge in [0.05, 0.1) is 5.36 Å². The first-order chi connectivity index (χ1) is 6.59. The Morgan fingerprint density at radius 3 is 2.71 bits per heavy atom. The Balaban J connectivity index is 2.95. The molecule has 3 nitrogen and oxygen atoms in total. The van der Waals surface area contributed by atoms with E-state index < -0.39 is 11.7 Å². The van der Waals surface area contributed by atoms with Gasteiger partial charge in [0, 0.05) is 9.69 Å². The van der Waals surface area contributed by atoms with Gasteiger partial charge in [-0.15, -0.1) is 0 Å². The first-order valence-electron chi connectivity index (χ1n) is 3.72. The molecule has 2 rings (SSSR count). The molecule has 0 atom stereocenters. The van der Waals surface area contributed by atoms with Gasteiger partial charge in [0.15, 0.2) is 0 Å². The van der Waals surface area contributed by atoms with Crippen LogP contribution in [-0.2, 0) is 9.59 Å². The van der Waals surface area contributed by atoms with Gasteiger partial charge in [-0.2, -0.15) is 0 Å². The summed E-state index contributed by atoms with van der Waals surface area (Å²) in [6.07, 6.45) is 0. The zero-order chi connectivity index (χ0) is 10.3. The minimum atomic E-state index is -0.815. The van der Waals surface area contributed by atoms with Crippen LogP contribution in [0.25, 0.3) is 5.03 Å². The van der Waals surface area contributed by atoms with Gasteiger partial charge in [-0.3, -0.25) is 9.59 Å². The molecule has 0 N–H and O–H groups in total. The molecule has 0 saturated heterocycles. The van der Waals surface area contributed by atoms with Crippen molar-refractivity contribution in [3.05, 3.63) is 33.2 Å². The van der Waals surface area contributed by atoms with Gasteiger partial charge >= 0.3 is 5.91 Å². The van der Waals surface area contributed by atoms with E-state index in [0.29, 0.717) is 10.6 Å². The van der Waals surface area contributed by atoms with Crippen molar-refractivity contribution >= 4 is 44.3 Å². The van der Waals surface area contributed by atoms with E-state index in [-0.39, 0.29) is 5.03 Å². The number of ketones is 1. The summed E-state index contributed by atoms with van der Waals surface area (Å²) in [7, 11) is 0. The molecule has 1 aliphatic rings. The number of halogens is 2. The second-order valence-electron chi connectivity index (χ2n) is 2.72. The Kier molecular flexibility index (Phi) is 2.25. The van der Waals surface area contributed by atoms with E-state index in [1.807, 2.05) is 0 Å². The monoisotopic (exact) mass is 271 g/mol. The van der Waals surface area contributed by atoms with Crippen LogP contribution >= 0.6 is 27.5 Å². The number of amides is 1. The molecule has 1 heterocycles. The minimum absolute atomic E-state index is 0.0682. The molecular formula is C9H3BrClNO2. The van der Waals surface area contributed by atoms with Gasteiger partial charge in [-0.1, -0.05) is 27.5 Å². The maximum Gasteiger partial charge on any atom is 0.319 e. The summed E-state index contributed by atoms with van der Waals surface area (Å²) in [5.41, 5.74) is 0. The maximum absolute atomic E-state index is 11.2. The van der Waals surface area contributed by atoms with E-state index >= 15 is 0 Å². The van der Waals surface area contributed by atoms with Crippen LogP contribution in [0.3, 0.4) is 0 Å². The SMILES string of the molecule is O=C1N=c2ccc(Br)cc2=C(Cl)C1=O. The van der Waals surface area contributed by atoms with Gasteiger partial charge in [0.25, 0.3) is 5.78 Å². The number of benzene rings is 1. The minimum Gasteiger partial charge on any atom is -0.282 e. The molecular weight excluding hydrogens is 269 g/mol. The number of hydrogen-bond donors (Lipinski definition) is 0. The van der Waals surface area contributed by atoms with Crippen molar-refractivity contribution in [1.82, 2.24) is 0 Å². The lowest BCUT2D eigenvalue weighted by Gasteiger charge is -2.01. The molecule has 0 aliphatic carbocycles. The summed E-state index contributed by atoms with van der Waals surface area (Å²) in [5, 5.41) is 0.856. The zero-order valence-electron chi connectivity index (χ0n) is 6.75. The molecule has 1 aromatic carbocycles. The van der Waals surface area contributed by atoms with Crippen LogP contribution in [0.15, 0.2) is 27.7 Å². The summed E-state index contributed by atoms with van der Waals surface area (Å²) >= 11 is 8.97. The van der Waals surface area contributed by atoms with Crippen LogP contribution < -0.4 is 10.6 Å². The Bertz CT molecular complexity index is 565. The lowest BCUT2D eigenvalue weighted by atomic mass is 10.2. The van der Waals surface area contributed by atoms with E-state index in [1.165, 1.54) is 0 Å². The zero-order valence-corrected chi connectivity index (χ0v) is 9.09. The fraction of sp³-hybridized carbons (Fsp3) is 0. The molecule has 0 unspecified atom stereocenters. The predicted molar refractivity (Wildman–Crippen MR) is 54.2 cm³/mol. The van der Waals surface area contributed by atoms with E-state index in [4.69, 9.17) is 11.6 Å². The van der Waals surface area contributed by atoms with Crippen molar-refractivity contribution in [3.63, 3.8) is 0 Å². The molecule has 0 spiro atoms. The number of fused-ring (bicyclic) bond motifs is 1. The van der Waals surface area contributed by atoms with Crippen molar-refractivity contribution in [2.45, 2.75) is 0 Å². The number of nitrogens with zero attached hydrogens (tertiary/aromatic N) is 1. The summed E-state index contributed by atoms with van der Waals surface area (Å²) in [6.45, 7) is 0. The topological polar surface area (TPSA) is 46.5 Å². The third-order valence-electron chi connectivity index (χ3n) is 1.81. The van der Waals surface area contributed by atoms with E-state index in [1.54, 1.807) is 18.2 Å². The summed E-state index contributed by atoms with van der Waals surface area (Å²) in [6, 6.07) is 5.02. The van der Waals surface area contributed by atoms with Gasteiger partial charge in [-0.05, 0) is 18.2 Å². The van der Waals surface area contributed by atoms with Crippen LogP contribution in [0.2, 0.25) is 0 Å². The fourth-order valence-corrected chi connectivity index (χ4v) is 1.75. The van der Waals surface area contributed by atoms with Crippen LogP contribution in [0.1, 0.15) is 0 Å². The van der Waals surface area contributed by atoms with Crippen LogP contribution in [0.4, 0.5) is 0 Å². The molecule has 0 fully saturated rings. The molecule has 1 aliphatic heterocycles. The Morgan fingerprint density at radius 1 is 1.29 bits per heavy atom. The summed E-state index contributed by atoms with van der Waals surface area (Å²) in [5.74, 6) is -1.57. The Morgan fingerprint density at radius 2 is 2.00 bits per heavy atom. The molecule has 14 heavy (non-hydrogen) atoms. The second-order valence-corrected chi connectivity index (χ2v) is 4.02. The summed E-state index contributed by atoms with van der Waals surface area (Å²) in [4.78, 5) is 25.8. The van der Waals surface area contributed by atoms with Crippen molar-refractivity contribution in [1.29, 1.82) is 0 Å². The van der Waals surface area contributed by atoms with E-state index in [0.717, 1.165) is 4.47 Å². The number of carbonyl (C=O) groups excluding carboxylic acids is 2. The molecule has 1 aromatic rings. The first kappa shape index (κ1) is 9.55. The van der Waals surface area contributed by atoms with Crippen LogP contribution in [-0.4, -0.2) is 11.7 Å². The summed E-state index contributed by atoms with van der Waals surface area (Å²) < 4.78 is 0.784. The van der Waals surface area contributed by atoms with E-state index in [2.05, 4.69) is 20.9 Å². The van der Waals surface area contributed by atoms with Gasteiger partial charge < -0.3 is 0 Å². The first-order valence-corrected chi connectivity index (χ1v) is 4.89. The number of Topliss-reactive ketones (excluding diaryl/α,β-unsaturated/α-hetero) is 1. The van der Waals surface area contributed by atoms with Crippen molar-refractivity contribution in [3.8, 4) is 0 Å². The highest BCUT2D eigenvalue weighted by molar-refractivity contribution is 9.10. The average molecular weight is 272 g/mol. The molecule has 5 heteroatoms. The Labute approximate surface area is 92.2 Å². The molecule has 70 valence electrons. The molecule has 0 aromatic heterocycles. The Hall–Kier alpha value is -1.00. The predicted octanol–water partition coefficient (Wildman–Crippen LogP) is 0.525. The quantitative estimate of drug-likeness (QED) is 0.647. The third kappa shape index (κ3) is 1.40. The fourth-order valence-electron chi connectivity index (χ4n) is 1.16. The lowest BCUT2D eigenvalue weighted by Crippen LogP contribution is -2.36. The van der Waals surface area contributed by atoms with Crippen molar-refractivity contribution in [2.24, 2.45) is 4.99 Å². The van der Waals surface area contributed by atoms with Crippen molar-refractivity contribution < 1.29 is 9.59 Å². The van der Waals surface area contributed by atoms with Gasteiger partial charge in [0.2, 0.25) is 0 Å². The molecule has 1 amide bonds. The molecule has 0 saturated carbocycles. The van der Waals surface area contributed by atoms with Crippen LogP contribution in [0, 0.1) is 0 Å². The average Bonchev–Trinajstić information content (AvgIpc) is 2.16. The maximum atomic E-state index is 11.2. The van der Waals surface area contributed by atoms with Gasteiger partial charge in [0.1, 0.15) is 5.03 Å². The van der Waals surface area contributed by atoms with Gasteiger partial charge in [-0.25, -0.2) is 4.99 Å². The lowest BCUT2D eigenvalue weighted by molar-refractivity contribution is -0.132. The van der Waals surface area contributed by atoms with Crippen molar-refractivity contribution in [2.75, 3.05) is 0 Å².